The van der Waals surface area contributed by atoms with Crippen LogP contribution in [-0.2, 0) is 13.2 Å². The van der Waals surface area contributed by atoms with E-state index in [2.05, 4.69) is 84.7 Å². The number of hydrogen-bond donors (Lipinski definition) is 1. The lowest BCUT2D eigenvalue weighted by atomic mass is 10.0. The maximum absolute atomic E-state index is 6.27. The van der Waals surface area contributed by atoms with Gasteiger partial charge in [0.1, 0.15) is 12.4 Å². The summed E-state index contributed by atoms with van der Waals surface area (Å²) in [5, 5.41) is 6.23. The Morgan fingerprint density at radius 3 is 2.09 bits per heavy atom. The Bertz CT molecular complexity index is 912. The third-order valence-corrected chi connectivity index (χ3v) is 6.02. The molecule has 188 valence electrons. The van der Waals surface area contributed by atoms with Crippen LogP contribution in [0.1, 0.15) is 57.1 Å². The van der Waals surface area contributed by atoms with Crippen molar-refractivity contribution in [2.75, 3.05) is 26.2 Å². The number of rotatable bonds is 15. The molecule has 0 aliphatic heterocycles. The molecule has 0 fully saturated rings. The molecule has 3 rings (SSSR count). The molecule has 5 heteroatoms. The molecule has 0 aromatic heterocycles. The highest BCUT2D eigenvalue weighted by atomic mass is 35.5. The Morgan fingerprint density at radius 2 is 1.38 bits per heavy atom. The summed E-state index contributed by atoms with van der Waals surface area (Å²) in [5.41, 5.74) is 2.45. The maximum Gasteiger partial charge on any atom is 0.124 e. The molecule has 0 saturated carbocycles. The lowest BCUT2D eigenvalue weighted by Gasteiger charge is -2.22. The van der Waals surface area contributed by atoms with E-state index in [-0.39, 0.29) is 24.8 Å². The topological polar surface area (TPSA) is 24.5 Å². The van der Waals surface area contributed by atoms with Gasteiger partial charge < -0.3 is 15.0 Å². The van der Waals surface area contributed by atoms with Crippen molar-refractivity contribution in [1.29, 1.82) is 0 Å². The Balaban J connectivity index is 0.00000289. The van der Waals surface area contributed by atoms with Gasteiger partial charge in [-0.15, -0.1) is 24.8 Å². The highest BCUT2D eigenvalue weighted by molar-refractivity contribution is 5.87. The third kappa shape index (κ3) is 9.84. The second kappa shape index (κ2) is 17.6. The number of benzene rings is 3. The Labute approximate surface area is 219 Å². The summed E-state index contributed by atoms with van der Waals surface area (Å²) in [6, 6.07) is 23.3. The first-order chi connectivity index (χ1) is 15.8. The molecule has 0 atom stereocenters. The third-order valence-electron chi connectivity index (χ3n) is 6.02. The second-order valence-electron chi connectivity index (χ2n) is 8.62. The van der Waals surface area contributed by atoms with Gasteiger partial charge >= 0.3 is 0 Å². The van der Waals surface area contributed by atoms with Crippen LogP contribution in [0.2, 0.25) is 0 Å². The van der Waals surface area contributed by atoms with Crippen molar-refractivity contribution in [1.82, 2.24) is 10.2 Å². The monoisotopic (exact) mass is 504 g/mol. The molecule has 3 aromatic carbocycles. The summed E-state index contributed by atoms with van der Waals surface area (Å²) in [6.45, 7) is 10.7. The van der Waals surface area contributed by atoms with Gasteiger partial charge in [0.15, 0.2) is 0 Å². The quantitative estimate of drug-likeness (QED) is 0.215. The van der Waals surface area contributed by atoms with Gasteiger partial charge in [0.05, 0.1) is 0 Å². The fourth-order valence-electron chi connectivity index (χ4n) is 4.11. The van der Waals surface area contributed by atoms with Gasteiger partial charge in [-0.2, -0.15) is 0 Å². The lowest BCUT2D eigenvalue weighted by molar-refractivity contribution is 0.260. The Kier molecular flexibility index (Phi) is 15.7. The van der Waals surface area contributed by atoms with E-state index in [4.69, 9.17) is 4.74 Å². The van der Waals surface area contributed by atoms with Gasteiger partial charge in [0.25, 0.3) is 0 Å². The Morgan fingerprint density at radius 1 is 0.735 bits per heavy atom. The molecule has 0 spiro atoms. The largest absolute Gasteiger partial charge is 0.489 e. The van der Waals surface area contributed by atoms with Crippen LogP contribution < -0.4 is 10.1 Å². The van der Waals surface area contributed by atoms with Gasteiger partial charge in [-0.3, -0.25) is 0 Å². The van der Waals surface area contributed by atoms with E-state index in [1.807, 2.05) is 6.07 Å². The summed E-state index contributed by atoms with van der Waals surface area (Å²) in [5.74, 6) is 0.979. The molecule has 1 N–H and O–H groups in total. The molecule has 0 aliphatic rings. The molecule has 0 bridgehead atoms. The van der Waals surface area contributed by atoms with Gasteiger partial charge in [-0.05, 0) is 67.8 Å². The fraction of sp³-hybridized carbons (Fsp3) is 0.448. The summed E-state index contributed by atoms with van der Waals surface area (Å²) in [4.78, 5) is 2.64. The average molecular weight is 506 g/mol. The van der Waals surface area contributed by atoms with Crippen LogP contribution >= 0.6 is 24.8 Å². The summed E-state index contributed by atoms with van der Waals surface area (Å²) in [6.07, 6.45) is 6.32. The van der Waals surface area contributed by atoms with E-state index < -0.39 is 0 Å². The van der Waals surface area contributed by atoms with E-state index in [0.717, 1.165) is 18.8 Å². The van der Waals surface area contributed by atoms with Crippen LogP contribution in [0, 0.1) is 0 Å². The summed E-state index contributed by atoms with van der Waals surface area (Å²) in [7, 11) is 0. The smallest absolute Gasteiger partial charge is 0.124 e. The van der Waals surface area contributed by atoms with Crippen LogP contribution in [0.15, 0.2) is 66.7 Å². The minimum atomic E-state index is 0. The number of ether oxygens (including phenoxy) is 1. The number of halogens is 2. The van der Waals surface area contributed by atoms with E-state index in [0.29, 0.717) is 6.61 Å². The highest BCUT2D eigenvalue weighted by Crippen LogP contribution is 2.28. The SMILES string of the molecule is CCCCN(CCCC)CCCNCc1c(OCc2ccccc2)ccc2ccccc12.Cl.Cl. The molecule has 0 amide bonds. The molecular weight excluding hydrogens is 463 g/mol. The second-order valence-corrected chi connectivity index (χ2v) is 8.62. The predicted octanol–water partition coefficient (Wildman–Crippen LogP) is 7.64. The van der Waals surface area contributed by atoms with Gasteiger partial charge in [-0.25, -0.2) is 0 Å². The zero-order chi connectivity index (χ0) is 22.4. The van der Waals surface area contributed by atoms with E-state index in [1.54, 1.807) is 0 Å². The van der Waals surface area contributed by atoms with E-state index in [9.17, 15) is 0 Å². The van der Waals surface area contributed by atoms with Crippen molar-refractivity contribution in [3.05, 3.63) is 77.9 Å². The zero-order valence-corrected chi connectivity index (χ0v) is 22.4. The van der Waals surface area contributed by atoms with Crippen LogP contribution in [0.5, 0.6) is 5.75 Å². The van der Waals surface area contributed by atoms with E-state index in [1.165, 1.54) is 73.6 Å². The van der Waals surface area contributed by atoms with Crippen LogP contribution in [-0.4, -0.2) is 31.1 Å². The molecule has 3 aromatic rings. The van der Waals surface area contributed by atoms with Crippen molar-refractivity contribution in [2.24, 2.45) is 0 Å². The van der Waals surface area contributed by atoms with E-state index >= 15 is 0 Å². The lowest BCUT2D eigenvalue weighted by Crippen LogP contribution is -2.29. The number of nitrogens with one attached hydrogen (secondary N) is 1. The van der Waals surface area contributed by atoms with Crippen LogP contribution in [0.4, 0.5) is 0 Å². The average Bonchev–Trinajstić information content (AvgIpc) is 2.84. The molecule has 0 heterocycles. The number of hydrogen-bond acceptors (Lipinski definition) is 3. The zero-order valence-electron chi connectivity index (χ0n) is 20.8. The van der Waals surface area contributed by atoms with Crippen molar-refractivity contribution in [2.45, 2.75) is 59.1 Å². The van der Waals surface area contributed by atoms with Gasteiger partial charge in [-0.1, -0.05) is 87.4 Å². The fourth-order valence-corrected chi connectivity index (χ4v) is 4.11. The molecule has 0 saturated heterocycles. The minimum absolute atomic E-state index is 0. The highest BCUT2D eigenvalue weighted by Gasteiger charge is 2.10. The first kappa shape index (κ1) is 30.3. The Hall–Kier alpha value is -1.78. The number of nitrogens with zero attached hydrogens (tertiary/aromatic N) is 1. The van der Waals surface area contributed by atoms with Crippen molar-refractivity contribution in [3.63, 3.8) is 0 Å². The standard InChI is InChI=1S/C29H40N2O.2ClH/c1-3-5-20-31(21-6-4-2)22-12-19-30-23-28-27-16-11-10-15-26(27)17-18-29(28)32-24-25-13-8-7-9-14-25;;/h7-11,13-18,30H,3-6,12,19-24H2,1-2H3;2*1H. The molecule has 0 radical (unpaired) electrons. The first-order valence-corrected chi connectivity index (χ1v) is 12.4. The van der Waals surface area contributed by atoms with Crippen molar-refractivity contribution < 1.29 is 4.74 Å². The molecule has 3 nitrogen and oxygen atoms in total. The van der Waals surface area contributed by atoms with Crippen molar-refractivity contribution >= 4 is 35.6 Å². The predicted molar refractivity (Wildman–Crippen MR) is 152 cm³/mol. The van der Waals surface area contributed by atoms with Crippen LogP contribution in [0.25, 0.3) is 10.8 Å². The number of fused-ring (bicyclic) bond motifs is 1. The van der Waals surface area contributed by atoms with Crippen LogP contribution in [0.3, 0.4) is 0 Å². The molecule has 0 aliphatic carbocycles. The molecule has 0 unspecified atom stereocenters. The molecular formula is C29H42Cl2N2O. The maximum atomic E-state index is 6.27. The van der Waals surface area contributed by atoms with Gasteiger partial charge in [0, 0.05) is 12.1 Å². The summed E-state index contributed by atoms with van der Waals surface area (Å²) < 4.78 is 6.27. The van der Waals surface area contributed by atoms with Gasteiger partial charge in [0.2, 0.25) is 0 Å². The van der Waals surface area contributed by atoms with Crippen molar-refractivity contribution in [3.8, 4) is 5.75 Å². The number of unbranched alkanes of at least 4 members (excludes halogenated alkanes) is 2. The summed E-state index contributed by atoms with van der Waals surface area (Å²) >= 11 is 0. The molecule has 34 heavy (non-hydrogen) atoms. The normalized spacial score (nSPS) is 10.7. The first-order valence-electron chi connectivity index (χ1n) is 12.4. The minimum Gasteiger partial charge on any atom is -0.489 e.